The molecule has 1 fully saturated rings. The molecule has 3 rings (SSSR count). The summed E-state index contributed by atoms with van der Waals surface area (Å²) in [5, 5.41) is 9.09. The van der Waals surface area contributed by atoms with Crippen LogP contribution in [0.15, 0.2) is 23.3 Å². The van der Waals surface area contributed by atoms with Crippen LogP contribution in [0.4, 0.5) is 0 Å². The van der Waals surface area contributed by atoms with Crippen LogP contribution in [0, 0.1) is 17.3 Å². The van der Waals surface area contributed by atoms with E-state index in [4.69, 9.17) is 5.11 Å². The van der Waals surface area contributed by atoms with E-state index in [0.29, 0.717) is 11.8 Å². The van der Waals surface area contributed by atoms with E-state index < -0.39 is 5.97 Å². The van der Waals surface area contributed by atoms with Crippen molar-refractivity contribution in [3.8, 4) is 0 Å². The molecule has 2 aliphatic carbocycles. The molecule has 0 aromatic carbocycles. The van der Waals surface area contributed by atoms with Crippen LogP contribution in [0.3, 0.4) is 0 Å². The summed E-state index contributed by atoms with van der Waals surface area (Å²) in [6, 6.07) is -0.0471. The highest BCUT2D eigenvalue weighted by Crippen LogP contribution is 2.54. The van der Waals surface area contributed by atoms with E-state index in [2.05, 4.69) is 26.8 Å². The van der Waals surface area contributed by atoms with E-state index in [1.807, 2.05) is 0 Å². The number of hydrogen-bond acceptors (Lipinski definition) is 2. The molecule has 0 unspecified atom stereocenters. The fourth-order valence-corrected chi connectivity index (χ4v) is 4.77. The summed E-state index contributed by atoms with van der Waals surface area (Å²) in [6.07, 6.45) is 7.21. The van der Waals surface area contributed by atoms with Gasteiger partial charge in [-0.05, 0) is 49.0 Å². The fraction of sp³-hybridized carbons (Fsp3) is 0.647. The summed E-state index contributed by atoms with van der Waals surface area (Å²) < 4.78 is 0. The number of fused-ring (bicyclic) bond motifs is 2. The highest BCUT2D eigenvalue weighted by Gasteiger charge is 2.53. The van der Waals surface area contributed by atoms with Crippen LogP contribution >= 0.6 is 0 Å². The molecule has 1 N–H and O–H groups in total. The molecule has 1 heterocycles. The van der Waals surface area contributed by atoms with Gasteiger partial charge in [0.2, 0.25) is 5.91 Å². The van der Waals surface area contributed by atoms with Gasteiger partial charge in [-0.15, -0.1) is 0 Å². The first-order valence-corrected chi connectivity index (χ1v) is 7.71. The van der Waals surface area contributed by atoms with Crippen LogP contribution in [0.2, 0.25) is 0 Å². The van der Waals surface area contributed by atoms with Crippen LogP contribution < -0.4 is 0 Å². The molecular weight excluding hydrogens is 266 g/mol. The number of carbonyl (C=O) groups excluding carboxylic acids is 1. The van der Waals surface area contributed by atoms with Gasteiger partial charge >= 0.3 is 5.97 Å². The van der Waals surface area contributed by atoms with Crippen molar-refractivity contribution in [2.75, 3.05) is 6.54 Å². The van der Waals surface area contributed by atoms with E-state index >= 15 is 0 Å². The molecule has 0 spiro atoms. The van der Waals surface area contributed by atoms with E-state index in [1.165, 1.54) is 5.57 Å². The van der Waals surface area contributed by atoms with Crippen molar-refractivity contribution in [1.29, 1.82) is 0 Å². The Hall–Kier alpha value is -1.58. The number of rotatable bonds is 2. The van der Waals surface area contributed by atoms with Gasteiger partial charge in [-0.3, -0.25) is 9.59 Å². The normalized spacial score (nSPS) is 34.0. The Morgan fingerprint density at radius 2 is 2.19 bits per heavy atom. The van der Waals surface area contributed by atoms with Crippen molar-refractivity contribution in [2.45, 2.75) is 46.1 Å². The van der Waals surface area contributed by atoms with Gasteiger partial charge in [-0.2, -0.15) is 0 Å². The van der Waals surface area contributed by atoms with Gasteiger partial charge in [-0.1, -0.05) is 25.5 Å². The van der Waals surface area contributed by atoms with Gasteiger partial charge in [-0.25, -0.2) is 0 Å². The summed E-state index contributed by atoms with van der Waals surface area (Å²) in [4.78, 5) is 24.8. The number of amides is 1. The summed E-state index contributed by atoms with van der Waals surface area (Å²) in [5.41, 5.74) is 2.49. The second-order valence-corrected chi connectivity index (χ2v) is 7.33. The minimum absolute atomic E-state index is 0.0471. The van der Waals surface area contributed by atoms with Crippen molar-refractivity contribution < 1.29 is 14.7 Å². The lowest BCUT2D eigenvalue weighted by Gasteiger charge is -2.52. The highest BCUT2D eigenvalue weighted by atomic mass is 16.4. The van der Waals surface area contributed by atoms with Crippen molar-refractivity contribution in [3.05, 3.63) is 23.3 Å². The summed E-state index contributed by atoms with van der Waals surface area (Å²) in [5.74, 6) is -0.0560. The SMILES string of the molecule is CC1=C[C@H]2CC3=CC(=O)N(CC(=O)O)[C@@H]3C(C)(C)[C@@H]2CC1. The smallest absolute Gasteiger partial charge is 0.323 e. The van der Waals surface area contributed by atoms with Gasteiger partial charge in [0, 0.05) is 6.08 Å². The average Bonchev–Trinajstić information content (AvgIpc) is 2.65. The average molecular weight is 289 g/mol. The van der Waals surface area contributed by atoms with Gasteiger partial charge in [0.05, 0.1) is 6.04 Å². The number of hydrogen-bond donors (Lipinski definition) is 1. The lowest BCUT2D eigenvalue weighted by Crippen LogP contribution is -2.54. The monoisotopic (exact) mass is 289 g/mol. The Labute approximate surface area is 125 Å². The second kappa shape index (κ2) is 4.72. The first-order valence-electron chi connectivity index (χ1n) is 7.71. The Bertz CT molecular complexity index is 558. The first kappa shape index (κ1) is 14.4. The summed E-state index contributed by atoms with van der Waals surface area (Å²) in [6.45, 7) is 6.38. The molecule has 4 heteroatoms. The van der Waals surface area contributed by atoms with Crippen LogP contribution in [-0.2, 0) is 9.59 Å². The van der Waals surface area contributed by atoms with E-state index in [-0.39, 0.29) is 23.9 Å². The van der Waals surface area contributed by atoms with Crippen molar-refractivity contribution in [3.63, 3.8) is 0 Å². The summed E-state index contributed by atoms with van der Waals surface area (Å²) >= 11 is 0. The zero-order valence-electron chi connectivity index (χ0n) is 12.9. The number of aliphatic carboxylic acids is 1. The quantitative estimate of drug-likeness (QED) is 0.795. The lowest BCUT2D eigenvalue weighted by atomic mass is 9.56. The molecule has 0 aromatic rings. The fourth-order valence-electron chi connectivity index (χ4n) is 4.77. The first-order chi connectivity index (χ1) is 9.80. The standard InChI is InChI=1S/C17H23NO3/c1-10-4-5-13-11(6-10)7-12-8-14(19)18(9-15(20)21)16(12)17(13,2)3/h6,8,11,13,16H,4-5,7,9H2,1-3H3,(H,20,21)/t11-,13+,16-/m0/s1. The maximum atomic E-state index is 12.2. The molecule has 1 saturated carbocycles. The number of carboxylic acids is 1. The van der Waals surface area contributed by atoms with Crippen LogP contribution in [0.1, 0.15) is 40.0 Å². The molecule has 3 aliphatic rings. The Morgan fingerprint density at radius 3 is 2.86 bits per heavy atom. The minimum Gasteiger partial charge on any atom is -0.480 e. The Morgan fingerprint density at radius 1 is 1.48 bits per heavy atom. The lowest BCUT2D eigenvalue weighted by molar-refractivity contribution is -0.145. The number of allylic oxidation sites excluding steroid dienone is 2. The maximum Gasteiger partial charge on any atom is 0.323 e. The molecule has 0 radical (unpaired) electrons. The maximum absolute atomic E-state index is 12.2. The van der Waals surface area contributed by atoms with Crippen LogP contribution in [-0.4, -0.2) is 34.5 Å². The third kappa shape index (κ3) is 2.21. The molecule has 0 saturated heterocycles. The Balaban J connectivity index is 1.97. The van der Waals surface area contributed by atoms with Crippen molar-refractivity contribution in [1.82, 2.24) is 4.90 Å². The summed E-state index contributed by atoms with van der Waals surface area (Å²) in [7, 11) is 0. The molecular formula is C17H23NO3. The zero-order valence-corrected chi connectivity index (χ0v) is 12.9. The number of nitrogens with zero attached hydrogens (tertiary/aromatic N) is 1. The van der Waals surface area contributed by atoms with E-state index in [0.717, 1.165) is 24.8 Å². The third-order valence-corrected chi connectivity index (χ3v) is 5.56. The zero-order chi connectivity index (χ0) is 15.4. The predicted molar refractivity (Wildman–Crippen MR) is 79.6 cm³/mol. The minimum atomic E-state index is -0.935. The predicted octanol–water partition coefficient (Wildman–Crippen LogP) is 2.61. The largest absolute Gasteiger partial charge is 0.480 e. The molecule has 1 amide bonds. The molecule has 1 aliphatic heterocycles. The molecule has 0 aromatic heterocycles. The van der Waals surface area contributed by atoms with Gasteiger partial charge < -0.3 is 10.0 Å². The molecule has 114 valence electrons. The highest BCUT2D eigenvalue weighted by molar-refractivity contribution is 5.94. The van der Waals surface area contributed by atoms with Gasteiger partial charge in [0.25, 0.3) is 0 Å². The second-order valence-electron chi connectivity index (χ2n) is 7.33. The van der Waals surface area contributed by atoms with E-state index in [1.54, 1.807) is 11.0 Å². The van der Waals surface area contributed by atoms with Crippen LogP contribution in [0.5, 0.6) is 0 Å². The topological polar surface area (TPSA) is 57.6 Å². The van der Waals surface area contributed by atoms with E-state index in [9.17, 15) is 9.59 Å². The van der Waals surface area contributed by atoms with Gasteiger partial charge in [0.1, 0.15) is 6.54 Å². The third-order valence-electron chi connectivity index (χ3n) is 5.56. The number of carbonyl (C=O) groups is 2. The van der Waals surface area contributed by atoms with Crippen molar-refractivity contribution >= 4 is 11.9 Å². The Kier molecular flexibility index (Phi) is 3.23. The molecule has 4 nitrogen and oxygen atoms in total. The molecule has 3 atom stereocenters. The van der Waals surface area contributed by atoms with Crippen LogP contribution in [0.25, 0.3) is 0 Å². The number of carboxylic acid groups (broad SMARTS) is 1. The van der Waals surface area contributed by atoms with Gasteiger partial charge in [0.15, 0.2) is 0 Å². The molecule has 21 heavy (non-hydrogen) atoms. The molecule has 0 bridgehead atoms. The van der Waals surface area contributed by atoms with Crippen molar-refractivity contribution in [2.24, 2.45) is 17.3 Å².